The number of anilines is 5. The van der Waals surface area contributed by atoms with Crippen molar-refractivity contribution in [2.75, 3.05) is 101 Å². The number of benzene rings is 5. The standard InChI is InChI=1S/C38H45N5O6.C9H9NO.C6H12OS.C5H10N2O2/c1-24-11-34(46-5)36(17-31(24)40-3)48-22-25-12-26(14-29(13-25)42-38(45)20-39-2)23-49-37-18-32(28(21-44)16-35(37)47-6)41-19-30-15-27-9-7-8-10-33(27)43(30)4;11-7-10-6-5-8-3-1-2-4-9(8)10;1-6(2,8)4-3-5-7;1-6-4-5(9)7-2-3-8/h7-14,16-18,21,30,39-41H,15,19-20,22-23H2,1-6H3,(H,42,45);1-4,7H,5-6H2;5,8H,3-4H2,1-2H3;3,6H,2,4H2,1H3,(H,7,9). The molecule has 1 unspecified atom stereocenters. The number of para-hydroxylation sites is 2. The molecule has 5 aromatic carbocycles. The predicted molar refractivity (Wildman–Crippen MR) is 309 cm³/mol. The Balaban J connectivity index is 0.000000367. The van der Waals surface area contributed by atoms with Gasteiger partial charge >= 0.3 is 0 Å². The zero-order chi connectivity index (χ0) is 56.3. The number of nitrogens with zero attached hydrogens (tertiary/aromatic N) is 2. The maximum atomic E-state index is 12.5. The van der Waals surface area contributed by atoms with Gasteiger partial charge in [0.1, 0.15) is 25.8 Å². The first-order chi connectivity index (χ1) is 37.0. The average molecular weight is 1080 g/mol. The molecule has 0 aliphatic carbocycles. The van der Waals surface area contributed by atoms with Gasteiger partial charge in [0.2, 0.25) is 18.2 Å². The third-order valence-electron chi connectivity index (χ3n) is 12.3. The van der Waals surface area contributed by atoms with Gasteiger partial charge in [-0.2, -0.15) is 12.6 Å². The van der Waals surface area contributed by atoms with E-state index < -0.39 is 0 Å². The number of methoxy groups -OCH3 is 2. The number of fused-ring (bicyclic) bond motifs is 2. The highest BCUT2D eigenvalue weighted by Gasteiger charge is 2.26. The highest BCUT2D eigenvalue weighted by molar-refractivity contribution is 7.81. The Morgan fingerprint density at radius 2 is 1.34 bits per heavy atom. The molecule has 6 N–H and O–H groups in total. The van der Waals surface area contributed by atoms with E-state index >= 15 is 0 Å². The predicted octanol–water partition coefficient (Wildman–Crippen LogP) is 7.06. The summed E-state index contributed by atoms with van der Waals surface area (Å²) in [7, 11) is 10.5. The number of hydrogen-bond acceptors (Lipinski definition) is 16. The molecule has 19 heteroatoms. The Morgan fingerprint density at radius 1 is 0.740 bits per heavy atom. The second-order valence-corrected chi connectivity index (χ2v) is 19.9. The van der Waals surface area contributed by atoms with Crippen molar-refractivity contribution in [1.29, 1.82) is 0 Å². The van der Waals surface area contributed by atoms with Crippen LogP contribution in [0.3, 0.4) is 0 Å². The number of nitrogens with one attached hydrogen (secondary N) is 6. The van der Waals surface area contributed by atoms with Crippen LogP contribution in [0.4, 0.5) is 28.4 Å². The first-order valence-corrected chi connectivity index (χ1v) is 25.7. The van der Waals surface area contributed by atoms with E-state index in [9.17, 15) is 28.8 Å². The van der Waals surface area contributed by atoms with E-state index in [4.69, 9.17) is 18.9 Å². The second kappa shape index (κ2) is 32.1. The number of amides is 3. The highest BCUT2D eigenvalue weighted by Crippen LogP contribution is 2.37. The minimum Gasteiger partial charge on any atom is -0.493 e. The third-order valence-corrected chi connectivity index (χ3v) is 12.5. The topological polar surface area (TPSA) is 218 Å². The molecule has 1 atom stereocenters. The maximum absolute atomic E-state index is 12.5. The maximum Gasteiger partial charge on any atom is 0.238 e. The van der Waals surface area contributed by atoms with E-state index in [1.807, 2.05) is 82.4 Å². The summed E-state index contributed by atoms with van der Waals surface area (Å²) in [6.45, 7) is 8.37. The number of ether oxygens (including phenoxy) is 4. The molecule has 0 bridgehead atoms. The first kappa shape index (κ1) is 61.9. The van der Waals surface area contributed by atoms with Crippen LogP contribution in [-0.4, -0.2) is 123 Å². The van der Waals surface area contributed by atoms with Crippen LogP contribution in [-0.2, 0) is 50.0 Å². The SMILES string of the molecule is CC(C)(S)CCC=O.CNCC(=O)NCC=O.CNCC(=O)Nc1cc(COc2cc(NC)c(C)cc2OC)cc(COc2cc(NCC3Cc4ccccc4N3C)c(C=O)cc2OC)c1.O=CN1CCc2ccccc21. The summed E-state index contributed by atoms with van der Waals surface area (Å²) in [6, 6.07) is 29.6. The molecule has 2 heterocycles. The van der Waals surface area contributed by atoms with Crippen molar-refractivity contribution >= 4 is 78.1 Å². The van der Waals surface area contributed by atoms with Crippen LogP contribution in [0, 0.1) is 6.92 Å². The summed E-state index contributed by atoms with van der Waals surface area (Å²) < 4.78 is 23.7. The Hall–Kier alpha value is -7.61. The van der Waals surface area contributed by atoms with Gasteiger partial charge in [-0.25, -0.2) is 0 Å². The van der Waals surface area contributed by atoms with Crippen LogP contribution < -0.4 is 60.6 Å². The molecular formula is C58H76N8O10S. The fourth-order valence-electron chi connectivity index (χ4n) is 8.31. The van der Waals surface area contributed by atoms with Crippen molar-refractivity contribution in [2.24, 2.45) is 0 Å². The second-order valence-electron chi connectivity index (χ2n) is 18.6. The molecule has 414 valence electrons. The number of carbonyl (C=O) groups excluding carboxylic acids is 6. The van der Waals surface area contributed by atoms with Gasteiger partial charge in [0.15, 0.2) is 29.3 Å². The fourth-order valence-corrected chi connectivity index (χ4v) is 8.44. The Bertz CT molecular complexity index is 2730. The lowest BCUT2D eigenvalue weighted by Gasteiger charge is -2.24. The molecule has 3 amide bonds. The van der Waals surface area contributed by atoms with Crippen LogP contribution in [0.5, 0.6) is 23.0 Å². The molecule has 0 saturated heterocycles. The number of thiol groups is 1. The molecule has 2 aliphatic rings. The van der Waals surface area contributed by atoms with Crippen LogP contribution in [0.25, 0.3) is 0 Å². The highest BCUT2D eigenvalue weighted by atomic mass is 32.1. The van der Waals surface area contributed by atoms with Crippen molar-refractivity contribution in [3.8, 4) is 23.0 Å². The molecule has 18 nitrogen and oxygen atoms in total. The van der Waals surface area contributed by atoms with Gasteiger partial charge in [-0.05, 0) is 111 Å². The fraction of sp³-hybridized carbons (Fsp3) is 0.379. The van der Waals surface area contributed by atoms with Gasteiger partial charge in [0.25, 0.3) is 0 Å². The summed E-state index contributed by atoms with van der Waals surface area (Å²) in [4.78, 5) is 69.0. The molecule has 7 rings (SSSR count). The zero-order valence-electron chi connectivity index (χ0n) is 45.7. The summed E-state index contributed by atoms with van der Waals surface area (Å²) in [5, 5.41) is 17.5. The van der Waals surface area contributed by atoms with Gasteiger partial charge in [-0.15, -0.1) is 0 Å². The van der Waals surface area contributed by atoms with E-state index in [0.717, 1.165) is 72.9 Å². The molecule has 2 aliphatic heterocycles. The van der Waals surface area contributed by atoms with E-state index in [0.29, 0.717) is 59.2 Å². The summed E-state index contributed by atoms with van der Waals surface area (Å²) in [5.74, 6) is 1.79. The van der Waals surface area contributed by atoms with Gasteiger partial charge in [0, 0.05) is 84.5 Å². The van der Waals surface area contributed by atoms with Crippen molar-refractivity contribution in [3.05, 3.63) is 124 Å². The Morgan fingerprint density at radius 3 is 1.88 bits per heavy atom. The monoisotopic (exact) mass is 1080 g/mol. The van der Waals surface area contributed by atoms with E-state index in [-0.39, 0.29) is 55.5 Å². The van der Waals surface area contributed by atoms with Gasteiger partial charge in [-0.3, -0.25) is 19.2 Å². The molecule has 0 spiro atoms. The van der Waals surface area contributed by atoms with Crippen molar-refractivity contribution < 1.29 is 47.7 Å². The normalized spacial score (nSPS) is 12.8. The van der Waals surface area contributed by atoms with Crippen LogP contribution in [0.2, 0.25) is 0 Å². The lowest BCUT2D eigenvalue weighted by atomic mass is 10.1. The van der Waals surface area contributed by atoms with Crippen LogP contribution >= 0.6 is 12.6 Å². The van der Waals surface area contributed by atoms with Crippen molar-refractivity contribution in [1.82, 2.24) is 16.0 Å². The smallest absolute Gasteiger partial charge is 0.238 e. The number of hydrogen-bond donors (Lipinski definition) is 7. The molecule has 0 saturated carbocycles. The van der Waals surface area contributed by atoms with Crippen molar-refractivity contribution in [3.63, 3.8) is 0 Å². The van der Waals surface area contributed by atoms with Crippen LogP contribution in [0.15, 0.2) is 91.0 Å². The number of aryl methyl sites for hydroxylation is 1. The quantitative estimate of drug-likeness (QED) is 0.0243. The van der Waals surface area contributed by atoms with Gasteiger partial charge in [0.05, 0.1) is 39.9 Å². The van der Waals surface area contributed by atoms with E-state index in [2.05, 4.69) is 80.7 Å². The third kappa shape index (κ3) is 19.8. The zero-order valence-corrected chi connectivity index (χ0v) is 46.6. The molecule has 77 heavy (non-hydrogen) atoms. The summed E-state index contributed by atoms with van der Waals surface area (Å²) in [6.07, 6.45) is 6.67. The Labute approximate surface area is 458 Å². The average Bonchev–Trinajstić information content (AvgIpc) is 4.01. The Kier molecular flexibility index (Phi) is 25.8. The summed E-state index contributed by atoms with van der Waals surface area (Å²) in [5.41, 5.74) is 10.2. The molecule has 5 aromatic rings. The van der Waals surface area contributed by atoms with E-state index in [1.165, 1.54) is 16.8 Å². The minimum atomic E-state index is -0.177. The lowest BCUT2D eigenvalue weighted by Crippen LogP contribution is -2.34. The number of likely N-dealkylation sites (N-methyl/N-ethyl adjacent to an activating group) is 3. The van der Waals surface area contributed by atoms with E-state index in [1.54, 1.807) is 45.3 Å². The molecular weight excluding hydrogens is 1000 g/mol. The molecule has 0 aromatic heterocycles. The number of rotatable bonds is 24. The number of carbonyl (C=O) groups is 6. The first-order valence-electron chi connectivity index (χ1n) is 25.3. The molecule has 0 radical (unpaired) electrons. The largest absolute Gasteiger partial charge is 0.493 e. The van der Waals surface area contributed by atoms with Crippen LogP contribution in [0.1, 0.15) is 64.9 Å². The van der Waals surface area contributed by atoms with Crippen molar-refractivity contribution in [2.45, 2.75) is 70.5 Å². The van der Waals surface area contributed by atoms with Gasteiger partial charge < -0.3 is 70.2 Å². The van der Waals surface area contributed by atoms with Gasteiger partial charge in [-0.1, -0.05) is 50.2 Å². The lowest BCUT2D eigenvalue weighted by molar-refractivity contribution is -0.121. The minimum absolute atomic E-state index is 0.0148. The number of aldehydes is 3. The molecule has 0 fully saturated rings. The summed E-state index contributed by atoms with van der Waals surface area (Å²) >= 11 is 4.23.